The molecule has 114 valence electrons. The summed E-state index contributed by atoms with van der Waals surface area (Å²) in [5.41, 5.74) is 0. The third-order valence-electron chi connectivity index (χ3n) is 3.49. The van der Waals surface area contributed by atoms with E-state index in [0.717, 1.165) is 13.0 Å². The quantitative estimate of drug-likeness (QED) is 0.403. The predicted molar refractivity (Wildman–Crippen MR) is 79.6 cm³/mol. The second-order valence-electron chi connectivity index (χ2n) is 5.10. The van der Waals surface area contributed by atoms with Gasteiger partial charge in [0.1, 0.15) is 18.3 Å². The molecule has 0 fully saturated rings. The molecule has 0 saturated carbocycles. The highest BCUT2D eigenvalue weighted by Crippen LogP contribution is 2.13. The summed E-state index contributed by atoms with van der Waals surface area (Å²) >= 11 is 0. The zero-order valence-corrected chi connectivity index (χ0v) is 12.5. The van der Waals surface area contributed by atoms with Crippen LogP contribution < -0.4 is 5.32 Å². The fraction of sp³-hybridized carbons (Fsp3) is 0.857. The third kappa shape index (κ3) is 6.72. The van der Waals surface area contributed by atoms with Gasteiger partial charge in [0.15, 0.2) is 0 Å². The standard InChI is InChI=1S/C14H27NO3.ClH/c1-2-3-4-5-6-7-10-15-11-8-9-12(16)14(18)13(11)17;/h8-9,11-18H,2-7,10H2,1H3;1H/t11-,12+,13+,14+;/m0./s1. The van der Waals surface area contributed by atoms with Gasteiger partial charge in [-0.1, -0.05) is 51.2 Å². The lowest BCUT2D eigenvalue weighted by molar-refractivity contribution is -0.0564. The summed E-state index contributed by atoms with van der Waals surface area (Å²) in [6, 6.07) is -0.251. The average molecular weight is 294 g/mol. The zero-order chi connectivity index (χ0) is 13.4. The molecule has 1 rings (SSSR count). The highest BCUT2D eigenvalue weighted by molar-refractivity contribution is 5.85. The Morgan fingerprint density at radius 1 is 0.895 bits per heavy atom. The van der Waals surface area contributed by atoms with Crippen LogP contribution >= 0.6 is 12.4 Å². The van der Waals surface area contributed by atoms with Gasteiger partial charge in [-0.25, -0.2) is 0 Å². The molecule has 0 aromatic carbocycles. The summed E-state index contributed by atoms with van der Waals surface area (Å²) in [5.74, 6) is 0. The first-order chi connectivity index (χ1) is 8.66. The molecule has 1 aliphatic rings. The number of halogens is 1. The molecule has 19 heavy (non-hydrogen) atoms. The molecule has 0 bridgehead atoms. The number of aliphatic hydroxyl groups is 3. The summed E-state index contributed by atoms with van der Waals surface area (Å²) in [6.45, 7) is 3.04. The van der Waals surface area contributed by atoms with Crippen LogP contribution in [-0.2, 0) is 0 Å². The van der Waals surface area contributed by atoms with Crippen LogP contribution in [0.4, 0.5) is 0 Å². The average Bonchev–Trinajstić information content (AvgIpc) is 2.37. The van der Waals surface area contributed by atoms with Crippen molar-refractivity contribution in [2.75, 3.05) is 6.54 Å². The molecule has 5 heteroatoms. The van der Waals surface area contributed by atoms with Crippen molar-refractivity contribution in [3.8, 4) is 0 Å². The van der Waals surface area contributed by atoms with Crippen LogP contribution in [0.3, 0.4) is 0 Å². The van der Waals surface area contributed by atoms with Crippen molar-refractivity contribution in [1.29, 1.82) is 0 Å². The van der Waals surface area contributed by atoms with E-state index >= 15 is 0 Å². The smallest absolute Gasteiger partial charge is 0.111 e. The molecule has 0 spiro atoms. The van der Waals surface area contributed by atoms with E-state index in [4.69, 9.17) is 0 Å². The van der Waals surface area contributed by atoms with Gasteiger partial charge in [0.05, 0.1) is 6.04 Å². The van der Waals surface area contributed by atoms with E-state index in [1.54, 1.807) is 6.08 Å². The predicted octanol–water partition coefficient (Wildman–Crippen LogP) is 1.38. The summed E-state index contributed by atoms with van der Waals surface area (Å²) in [4.78, 5) is 0. The van der Waals surface area contributed by atoms with Crippen molar-refractivity contribution in [3.63, 3.8) is 0 Å². The molecular weight excluding hydrogens is 266 g/mol. The minimum atomic E-state index is -1.09. The van der Waals surface area contributed by atoms with E-state index in [-0.39, 0.29) is 18.4 Å². The van der Waals surface area contributed by atoms with E-state index in [9.17, 15) is 15.3 Å². The van der Waals surface area contributed by atoms with E-state index < -0.39 is 18.3 Å². The van der Waals surface area contributed by atoms with Crippen molar-refractivity contribution < 1.29 is 15.3 Å². The summed E-state index contributed by atoms with van der Waals surface area (Å²) < 4.78 is 0. The molecule has 0 aromatic heterocycles. The lowest BCUT2D eigenvalue weighted by atomic mass is 9.94. The van der Waals surface area contributed by atoms with Gasteiger partial charge in [-0.15, -0.1) is 12.4 Å². The number of hydrogen-bond donors (Lipinski definition) is 4. The lowest BCUT2D eigenvalue weighted by Gasteiger charge is -2.31. The van der Waals surface area contributed by atoms with Crippen molar-refractivity contribution in [2.45, 2.75) is 69.8 Å². The molecule has 0 aromatic rings. The molecule has 0 saturated heterocycles. The first-order valence-corrected chi connectivity index (χ1v) is 7.12. The van der Waals surface area contributed by atoms with Crippen molar-refractivity contribution >= 4 is 12.4 Å². The molecule has 0 unspecified atom stereocenters. The molecule has 0 heterocycles. The second-order valence-corrected chi connectivity index (χ2v) is 5.10. The van der Waals surface area contributed by atoms with Gasteiger partial charge in [-0.3, -0.25) is 0 Å². The van der Waals surface area contributed by atoms with Gasteiger partial charge in [-0.2, -0.15) is 0 Å². The van der Waals surface area contributed by atoms with Crippen LogP contribution in [0, 0.1) is 0 Å². The van der Waals surface area contributed by atoms with E-state index in [1.807, 2.05) is 0 Å². The second kappa shape index (κ2) is 10.6. The van der Waals surface area contributed by atoms with E-state index in [2.05, 4.69) is 12.2 Å². The Hall–Kier alpha value is -0.130. The first-order valence-electron chi connectivity index (χ1n) is 7.12. The number of nitrogens with one attached hydrogen (secondary N) is 1. The maximum atomic E-state index is 9.76. The van der Waals surface area contributed by atoms with Crippen LogP contribution in [0.5, 0.6) is 0 Å². The highest BCUT2D eigenvalue weighted by Gasteiger charge is 2.32. The lowest BCUT2D eigenvalue weighted by Crippen LogP contribution is -2.52. The third-order valence-corrected chi connectivity index (χ3v) is 3.49. The molecular formula is C14H28ClNO3. The van der Waals surface area contributed by atoms with Crippen molar-refractivity contribution in [1.82, 2.24) is 5.32 Å². The van der Waals surface area contributed by atoms with Gasteiger partial charge < -0.3 is 20.6 Å². The largest absolute Gasteiger partial charge is 0.388 e. The monoisotopic (exact) mass is 293 g/mol. The molecule has 4 N–H and O–H groups in total. The summed E-state index contributed by atoms with van der Waals surface area (Å²) in [7, 11) is 0. The molecule has 4 nitrogen and oxygen atoms in total. The van der Waals surface area contributed by atoms with Crippen LogP contribution in [0.15, 0.2) is 12.2 Å². The van der Waals surface area contributed by atoms with Gasteiger partial charge in [-0.05, 0) is 13.0 Å². The van der Waals surface area contributed by atoms with Gasteiger partial charge in [0, 0.05) is 0 Å². The molecule has 4 atom stereocenters. The van der Waals surface area contributed by atoms with Crippen molar-refractivity contribution in [2.24, 2.45) is 0 Å². The Bertz CT molecular complexity index is 251. The Balaban J connectivity index is 0.00000324. The molecule has 1 aliphatic carbocycles. The number of rotatable bonds is 8. The van der Waals surface area contributed by atoms with Gasteiger partial charge >= 0.3 is 0 Å². The normalized spacial score (nSPS) is 30.1. The fourth-order valence-corrected chi connectivity index (χ4v) is 2.24. The number of unbranched alkanes of at least 4 members (excludes halogenated alkanes) is 5. The van der Waals surface area contributed by atoms with Crippen LogP contribution in [0.25, 0.3) is 0 Å². The Morgan fingerprint density at radius 2 is 1.53 bits per heavy atom. The molecule has 0 radical (unpaired) electrons. The SMILES string of the molecule is CCCCCCCCN[C@H]1C=C[C@@H](O)[C@@H](O)[C@@H]1O.Cl. The van der Waals surface area contributed by atoms with Gasteiger partial charge in [0.2, 0.25) is 0 Å². The van der Waals surface area contributed by atoms with Gasteiger partial charge in [0.25, 0.3) is 0 Å². The Kier molecular flexibility index (Phi) is 10.6. The van der Waals surface area contributed by atoms with E-state index in [1.165, 1.54) is 38.2 Å². The Morgan fingerprint density at radius 3 is 2.21 bits per heavy atom. The van der Waals surface area contributed by atoms with Crippen molar-refractivity contribution in [3.05, 3.63) is 12.2 Å². The highest BCUT2D eigenvalue weighted by atomic mass is 35.5. The summed E-state index contributed by atoms with van der Waals surface area (Å²) in [5, 5.41) is 31.8. The Labute approximate surface area is 122 Å². The van der Waals surface area contributed by atoms with Crippen LogP contribution in [0.2, 0.25) is 0 Å². The topological polar surface area (TPSA) is 72.7 Å². The van der Waals surface area contributed by atoms with Crippen LogP contribution in [-0.4, -0.2) is 46.2 Å². The summed E-state index contributed by atoms with van der Waals surface area (Å²) in [6.07, 6.45) is 7.72. The number of hydrogen-bond acceptors (Lipinski definition) is 4. The van der Waals surface area contributed by atoms with Crippen LogP contribution in [0.1, 0.15) is 45.4 Å². The van der Waals surface area contributed by atoms with E-state index in [0.29, 0.717) is 0 Å². The fourth-order valence-electron chi connectivity index (χ4n) is 2.24. The maximum Gasteiger partial charge on any atom is 0.111 e. The minimum absolute atomic E-state index is 0. The zero-order valence-electron chi connectivity index (χ0n) is 11.7. The molecule has 0 aliphatic heterocycles. The molecule has 0 amide bonds. The minimum Gasteiger partial charge on any atom is -0.388 e. The first kappa shape index (κ1) is 18.9. The maximum absolute atomic E-state index is 9.76. The number of aliphatic hydroxyl groups excluding tert-OH is 3.